The van der Waals surface area contributed by atoms with Crippen LogP contribution in [0.1, 0.15) is 226 Å². The van der Waals surface area contributed by atoms with E-state index in [2.05, 4.69) is 19.2 Å². The summed E-state index contributed by atoms with van der Waals surface area (Å²) in [5.74, 6) is -3.45. The van der Waals surface area contributed by atoms with Gasteiger partial charge in [-0.1, -0.05) is 168 Å². The Bertz CT molecular complexity index is 1270. The molecule has 0 aromatic carbocycles. The van der Waals surface area contributed by atoms with Crippen LogP contribution in [-0.4, -0.2) is 78.1 Å². The minimum absolute atomic E-state index is 0.0228. The Morgan fingerprint density at radius 2 is 0.984 bits per heavy atom. The SMILES string of the molecule is CCCCCCCCCCCCCCCC(=O)OC[C@H](COP(=O)(O)OCCNC(=O)CCCC(=O)ON1C(=O)CCC1=O)OC(=O)CCCCCCCCCCCCCCC. The van der Waals surface area contributed by atoms with Crippen LogP contribution < -0.4 is 5.32 Å². The smallest absolute Gasteiger partial charge is 0.462 e. The van der Waals surface area contributed by atoms with E-state index in [0.29, 0.717) is 17.9 Å². The number of phosphoric ester groups is 1. The summed E-state index contributed by atoms with van der Waals surface area (Å²) in [4.78, 5) is 87.5. The Morgan fingerprint density at radius 3 is 1.45 bits per heavy atom. The van der Waals surface area contributed by atoms with Gasteiger partial charge in [0.1, 0.15) is 6.61 Å². The molecule has 0 spiro atoms. The predicted octanol–water partition coefficient (Wildman–Crippen LogP) is 10.4. The molecule has 3 amide bonds. The van der Waals surface area contributed by atoms with Crippen LogP contribution in [0.2, 0.25) is 0 Å². The summed E-state index contributed by atoms with van der Waals surface area (Å²) in [6.45, 7) is 3.03. The molecule has 15 nitrogen and oxygen atoms in total. The van der Waals surface area contributed by atoms with E-state index in [1.807, 2.05) is 0 Å². The lowest BCUT2D eigenvalue weighted by Crippen LogP contribution is -2.32. The Balaban J connectivity index is 2.40. The highest BCUT2D eigenvalue weighted by Gasteiger charge is 2.32. The van der Waals surface area contributed by atoms with Gasteiger partial charge < -0.3 is 24.5 Å². The Kier molecular flexibility index (Phi) is 35.6. The van der Waals surface area contributed by atoms with Gasteiger partial charge in [0.05, 0.1) is 13.2 Å². The van der Waals surface area contributed by atoms with E-state index in [9.17, 15) is 38.2 Å². The highest BCUT2D eigenvalue weighted by Crippen LogP contribution is 2.43. The summed E-state index contributed by atoms with van der Waals surface area (Å²) >= 11 is 0. The molecular weight excluding hydrogens is 819 g/mol. The Hall–Kier alpha value is -2.87. The molecule has 1 aliphatic heterocycles. The van der Waals surface area contributed by atoms with E-state index in [1.54, 1.807) is 0 Å². The van der Waals surface area contributed by atoms with Crippen molar-refractivity contribution in [1.29, 1.82) is 0 Å². The highest BCUT2D eigenvalue weighted by molar-refractivity contribution is 7.47. The summed E-state index contributed by atoms with van der Waals surface area (Å²) in [6.07, 6.45) is 29.6. The molecule has 360 valence electrons. The van der Waals surface area contributed by atoms with Gasteiger partial charge in [-0.3, -0.25) is 33.0 Å². The van der Waals surface area contributed by atoms with Gasteiger partial charge in [-0.25, -0.2) is 9.36 Å². The maximum atomic E-state index is 12.7. The van der Waals surface area contributed by atoms with Crippen molar-refractivity contribution in [1.82, 2.24) is 10.4 Å². The van der Waals surface area contributed by atoms with Crippen molar-refractivity contribution in [2.45, 2.75) is 232 Å². The number of amides is 3. The molecule has 0 bridgehead atoms. The molecular formula is C46H83N2O13P. The van der Waals surface area contributed by atoms with Crippen molar-refractivity contribution < 1.29 is 61.6 Å². The first kappa shape index (κ1) is 57.1. The zero-order chi connectivity index (χ0) is 45.5. The fraction of sp³-hybridized carbons (Fsp3) is 0.870. The molecule has 16 heteroatoms. The summed E-state index contributed by atoms with van der Waals surface area (Å²) in [7, 11) is -4.66. The molecule has 1 fully saturated rings. The lowest BCUT2D eigenvalue weighted by Gasteiger charge is -2.20. The van der Waals surface area contributed by atoms with Crippen molar-refractivity contribution in [2.24, 2.45) is 0 Å². The Morgan fingerprint density at radius 1 is 0.565 bits per heavy atom. The molecule has 1 unspecified atom stereocenters. The molecule has 0 aromatic heterocycles. The number of rotatable bonds is 43. The highest BCUT2D eigenvalue weighted by atomic mass is 31.2. The van der Waals surface area contributed by atoms with E-state index >= 15 is 0 Å². The quantitative estimate of drug-likeness (QED) is 0.0254. The normalized spacial score (nSPS) is 14.1. The molecule has 1 heterocycles. The average Bonchev–Trinajstić information content (AvgIpc) is 3.56. The molecule has 0 aromatic rings. The van der Waals surface area contributed by atoms with Crippen LogP contribution in [0.15, 0.2) is 0 Å². The molecule has 62 heavy (non-hydrogen) atoms. The van der Waals surface area contributed by atoms with Gasteiger partial charge in [0.25, 0.3) is 11.8 Å². The number of carbonyl (C=O) groups excluding carboxylic acids is 6. The number of imide groups is 1. The van der Waals surface area contributed by atoms with E-state index in [-0.39, 0.29) is 58.1 Å². The predicted molar refractivity (Wildman–Crippen MR) is 237 cm³/mol. The van der Waals surface area contributed by atoms with Gasteiger partial charge >= 0.3 is 25.7 Å². The number of nitrogens with zero attached hydrogens (tertiary/aromatic N) is 1. The number of nitrogens with one attached hydrogen (secondary N) is 1. The maximum absolute atomic E-state index is 12.7. The minimum Gasteiger partial charge on any atom is -0.462 e. The summed E-state index contributed by atoms with van der Waals surface area (Å²) in [5, 5.41) is 2.93. The number of phosphoric acid groups is 1. The molecule has 2 atom stereocenters. The van der Waals surface area contributed by atoms with Crippen molar-refractivity contribution in [2.75, 3.05) is 26.4 Å². The summed E-state index contributed by atoms with van der Waals surface area (Å²) < 4.78 is 33.6. The fourth-order valence-corrected chi connectivity index (χ4v) is 7.80. The van der Waals surface area contributed by atoms with Crippen LogP contribution >= 0.6 is 7.82 Å². The van der Waals surface area contributed by atoms with Crippen molar-refractivity contribution in [3.63, 3.8) is 0 Å². The van der Waals surface area contributed by atoms with Crippen molar-refractivity contribution in [3.8, 4) is 0 Å². The number of carbonyl (C=O) groups is 6. The summed E-state index contributed by atoms with van der Waals surface area (Å²) in [6, 6.07) is 0. The van der Waals surface area contributed by atoms with E-state index in [1.165, 1.54) is 116 Å². The summed E-state index contributed by atoms with van der Waals surface area (Å²) in [5.41, 5.74) is 0. The van der Waals surface area contributed by atoms with Crippen molar-refractivity contribution in [3.05, 3.63) is 0 Å². The molecule has 2 N–H and O–H groups in total. The van der Waals surface area contributed by atoms with Crippen LogP contribution in [0.4, 0.5) is 0 Å². The van der Waals surface area contributed by atoms with Crippen molar-refractivity contribution >= 4 is 43.5 Å². The molecule has 1 aliphatic rings. The van der Waals surface area contributed by atoms with Gasteiger partial charge in [0.15, 0.2) is 6.10 Å². The third-order valence-corrected chi connectivity index (χ3v) is 11.8. The number of esters is 2. The molecule has 0 aliphatic carbocycles. The van der Waals surface area contributed by atoms with Crippen LogP contribution in [0.5, 0.6) is 0 Å². The van der Waals surface area contributed by atoms with E-state index in [0.717, 1.165) is 38.5 Å². The number of hydroxylamine groups is 2. The second-order valence-electron chi connectivity index (χ2n) is 16.6. The maximum Gasteiger partial charge on any atom is 0.472 e. The van der Waals surface area contributed by atoms with Crippen LogP contribution in [-0.2, 0) is 56.7 Å². The number of ether oxygens (including phenoxy) is 2. The second kappa shape index (κ2) is 38.6. The number of hydrogen-bond donors (Lipinski definition) is 2. The lowest BCUT2D eigenvalue weighted by molar-refractivity contribution is -0.197. The van der Waals surface area contributed by atoms with Crippen LogP contribution in [0.25, 0.3) is 0 Å². The first-order chi connectivity index (χ1) is 30.0. The molecule has 1 saturated heterocycles. The fourth-order valence-electron chi connectivity index (χ4n) is 7.05. The van der Waals surface area contributed by atoms with Gasteiger partial charge in [-0.15, -0.1) is 5.06 Å². The van der Waals surface area contributed by atoms with Gasteiger partial charge in [0.2, 0.25) is 5.91 Å². The average molecular weight is 903 g/mol. The number of unbranched alkanes of at least 4 members (excludes halogenated alkanes) is 24. The van der Waals surface area contributed by atoms with Crippen LogP contribution in [0.3, 0.4) is 0 Å². The van der Waals surface area contributed by atoms with E-state index < -0.39 is 62.8 Å². The molecule has 0 radical (unpaired) electrons. The first-order valence-electron chi connectivity index (χ1n) is 24.3. The van der Waals surface area contributed by atoms with Crippen LogP contribution in [0, 0.1) is 0 Å². The zero-order valence-electron chi connectivity index (χ0n) is 38.5. The third-order valence-electron chi connectivity index (χ3n) is 10.8. The molecule has 1 rings (SSSR count). The third kappa shape index (κ3) is 33.7. The van der Waals surface area contributed by atoms with E-state index in [4.69, 9.17) is 23.4 Å². The largest absolute Gasteiger partial charge is 0.472 e. The lowest BCUT2D eigenvalue weighted by atomic mass is 10.0. The molecule has 0 saturated carbocycles. The number of hydrogen-bond acceptors (Lipinski definition) is 12. The first-order valence-corrected chi connectivity index (χ1v) is 25.8. The monoisotopic (exact) mass is 903 g/mol. The zero-order valence-corrected chi connectivity index (χ0v) is 39.4. The topological polar surface area (TPSA) is 201 Å². The second-order valence-corrected chi connectivity index (χ2v) is 18.1. The standard InChI is InChI=1S/C46H83N2O13P/c1-3-5-7-9-11-13-15-17-19-21-23-25-27-31-44(52)57-38-40(60-45(53)32-28-26-24-22-20-18-16-14-12-10-8-6-4-2)39-59-62(55,56)58-37-36-47-41(49)30-29-33-46(54)61-48-42(50)34-35-43(48)51/h40H,3-39H2,1-2H3,(H,47,49)(H,55,56)/t40-/m1/s1. The minimum atomic E-state index is -4.66. The van der Waals surface area contributed by atoms with Gasteiger partial charge in [-0.2, -0.15) is 0 Å². The van der Waals surface area contributed by atoms with Gasteiger partial charge in [-0.05, 0) is 19.3 Å². The van der Waals surface area contributed by atoms with Gasteiger partial charge in [0, 0.05) is 45.1 Å². The Labute approximate surface area is 372 Å².